The summed E-state index contributed by atoms with van der Waals surface area (Å²) >= 11 is 0. The Morgan fingerprint density at radius 1 is 0.298 bits per heavy atom. The van der Waals surface area contributed by atoms with Crippen molar-refractivity contribution in [2.24, 2.45) is 0 Å². The number of para-hydroxylation sites is 2. The number of fused-ring (bicyclic) bond motifs is 3. The molecule has 0 fully saturated rings. The molecule has 0 amide bonds. The van der Waals surface area contributed by atoms with Gasteiger partial charge in [-0.15, -0.1) is 0 Å². The Morgan fingerprint density at radius 2 is 0.579 bits per heavy atom. The van der Waals surface area contributed by atoms with E-state index >= 15 is 0 Å². The molecule has 0 aliphatic carbocycles. The molecule has 0 N–H and O–H groups in total. The lowest BCUT2D eigenvalue weighted by Crippen LogP contribution is -2.19. The van der Waals surface area contributed by atoms with Crippen LogP contribution in [0.2, 0.25) is 0 Å². The van der Waals surface area contributed by atoms with Gasteiger partial charge in [-0.05, 0) is 107 Å². The Kier molecular flexibility index (Phi) is 9.22. The fraction of sp³-hybridized carbons (Fsp3) is 0.111. The van der Waals surface area contributed by atoms with Crippen LogP contribution in [0, 0.1) is 0 Å². The van der Waals surface area contributed by atoms with E-state index < -0.39 is 0 Å². The third-order valence-corrected chi connectivity index (χ3v) is 11.7. The summed E-state index contributed by atoms with van der Waals surface area (Å²) in [5.41, 5.74) is 13.1. The van der Waals surface area contributed by atoms with Crippen molar-refractivity contribution < 1.29 is 4.42 Å². The molecule has 0 aliphatic heterocycles. The van der Waals surface area contributed by atoms with Crippen LogP contribution < -0.4 is 9.80 Å². The van der Waals surface area contributed by atoms with E-state index in [1.807, 2.05) is 0 Å². The normalized spacial score (nSPS) is 11.9. The molecule has 0 radical (unpaired) electrons. The fourth-order valence-corrected chi connectivity index (χ4v) is 8.18. The standard InChI is InChI=1S/C54H46N2O/c1-53(2,39-17-9-5-10-18-39)41-25-29-45(30-26-41)55(43-21-13-7-14-22-43)47-33-35-51-49(37-47)50-38-48(34-36-52(50)57-51)56(44-23-15-8-16-24-44)46-31-27-42(28-32-46)54(3,4)40-19-11-6-12-20-40/h5-38H,1-4H3. The maximum atomic E-state index is 6.50. The van der Waals surface area contributed by atoms with Gasteiger partial charge in [0.25, 0.3) is 0 Å². The SMILES string of the molecule is CC(C)(c1ccccc1)c1ccc(N(c2ccccc2)c2ccc3oc4ccc(N(c5ccccc5)c5ccc(C(C)(C)c6ccccc6)cc5)cc4c3c2)cc1. The lowest BCUT2D eigenvalue weighted by Gasteiger charge is -2.29. The van der Waals surface area contributed by atoms with Gasteiger partial charge in [-0.25, -0.2) is 0 Å². The highest BCUT2D eigenvalue weighted by Gasteiger charge is 2.25. The smallest absolute Gasteiger partial charge is 0.135 e. The van der Waals surface area contributed by atoms with Crippen molar-refractivity contribution in [3.05, 3.63) is 229 Å². The lowest BCUT2D eigenvalue weighted by molar-refractivity contribution is 0.641. The quantitative estimate of drug-likeness (QED) is 0.139. The first-order chi connectivity index (χ1) is 27.8. The number of benzene rings is 8. The number of rotatable bonds is 10. The van der Waals surface area contributed by atoms with E-state index in [2.05, 4.69) is 244 Å². The van der Waals surface area contributed by atoms with Crippen LogP contribution in [0.25, 0.3) is 21.9 Å². The Labute approximate surface area is 336 Å². The van der Waals surface area contributed by atoms with Crippen molar-refractivity contribution in [2.45, 2.75) is 38.5 Å². The summed E-state index contributed by atoms with van der Waals surface area (Å²) in [6, 6.07) is 73.8. The van der Waals surface area contributed by atoms with E-state index in [1.165, 1.54) is 22.3 Å². The highest BCUT2D eigenvalue weighted by Crippen LogP contribution is 2.43. The summed E-state index contributed by atoms with van der Waals surface area (Å²) in [7, 11) is 0. The molecule has 0 saturated carbocycles. The molecule has 0 bridgehead atoms. The number of nitrogens with zero attached hydrogens (tertiary/aromatic N) is 2. The highest BCUT2D eigenvalue weighted by atomic mass is 16.3. The second-order valence-electron chi connectivity index (χ2n) is 15.9. The minimum atomic E-state index is -0.127. The molecule has 0 atom stereocenters. The van der Waals surface area contributed by atoms with Crippen LogP contribution in [0.15, 0.2) is 211 Å². The average molecular weight is 739 g/mol. The van der Waals surface area contributed by atoms with Gasteiger partial charge in [-0.3, -0.25) is 0 Å². The zero-order valence-corrected chi connectivity index (χ0v) is 32.9. The van der Waals surface area contributed by atoms with Crippen LogP contribution in [-0.2, 0) is 10.8 Å². The largest absolute Gasteiger partial charge is 0.456 e. The van der Waals surface area contributed by atoms with Gasteiger partial charge in [0, 0.05) is 55.7 Å². The molecule has 0 unspecified atom stereocenters. The van der Waals surface area contributed by atoms with Crippen LogP contribution in [-0.4, -0.2) is 0 Å². The van der Waals surface area contributed by atoms with Gasteiger partial charge in [0.05, 0.1) is 0 Å². The molecule has 1 heterocycles. The third-order valence-electron chi connectivity index (χ3n) is 11.7. The van der Waals surface area contributed by atoms with Crippen LogP contribution >= 0.6 is 0 Å². The topological polar surface area (TPSA) is 19.6 Å². The monoisotopic (exact) mass is 738 g/mol. The van der Waals surface area contributed by atoms with Crippen LogP contribution in [0.3, 0.4) is 0 Å². The van der Waals surface area contributed by atoms with Crippen molar-refractivity contribution in [2.75, 3.05) is 9.80 Å². The van der Waals surface area contributed by atoms with Gasteiger partial charge in [-0.1, -0.05) is 149 Å². The molecular formula is C54H46N2O. The molecule has 3 heteroatoms. The second kappa shape index (κ2) is 14.7. The third kappa shape index (κ3) is 6.76. The fourth-order valence-electron chi connectivity index (χ4n) is 8.18. The Balaban J connectivity index is 1.12. The van der Waals surface area contributed by atoms with E-state index in [-0.39, 0.29) is 10.8 Å². The van der Waals surface area contributed by atoms with Crippen molar-refractivity contribution in [1.82, 2.24) is 0 Å². The van der Waals surface area contributed by atoms with E-state index in [1.54, 1.807) is 0 Å². The van der Waals surface area contributed by atoms with Gasteiger partial charge in [0.15, 0.2) is 0 Å². The van der Waals surface area contributed by atoms with Crippen molar-refractivity contribution in [3.8, 4) is 0 Å². The predicted molar refractivity (Wildman–Crippen MR) is 240 cm³/mol. The number of anilines is 6. The summed E-state index contributed by atoms with van der Waals surface area (Å²) in [5, 5.41) is 2.14. The minimum absolute atomic E-state index is 0.127. The van der Waals surface area contributed by atoms with E-state index in [0.717, 1.165) is 56.1 Å². The molecule has 278 valence electrons. The van der Waals surface area contributed by atoms with Gasteiger partial charge in [-0.2, -0.15) is 0 Å². The first-order valence-electron chi connectivity index (χ1n) is 19.8. The zero-order valence-electron chi connectivity index (χ0n) is 32.9. The van der Waals surface area contributed by atoms with Gasteiger partial charge in [0.2, 0.25) is 0 Å². The number of hydrogen-bond acceptors (Lipinski definition) is 3. The average Bonchev–Trinajstić information content (AvgIpc) is 3.63. The molecule has 0 aliphatic rings. The zero-order chi connectivity index (χ0) is 39.0. The Hall–Kier alpha value is -6.84. The molecular weight excluding hydrogens is 693 g/mol. The first-order valence-corrected chi connectivity index (χ1v) is 19.8. The molecule has 0 spiro atoms. The minimum Gasteiger partial charge on any atom is -0.456 e. The summed E-state index contributed by atoms with van der Waals surface area (Å²) < 4.78 is 6.50. The van der Waals surface area contributed by atoms with Gasteiger partial charge < -0.3 is 14.2 Å². The number of furan rings is 1. The maximum absolute atomic E-state index is 6.50. The van der Waals surface area contributed by atoms with Crippen molar-refractivity contribution >= 4 is 56.1 Å². The van der Waals surface area contributed by atoms with E-state index in [4.69, 9.17) is 4.42 Å². The first kappa shape index (κ1) is 35.8. The molecule has 3 nitrogen and oxygen atoms in total. The molecule has 9 aromatic rings. The van der Waals surface area contributed by atoms with Crippen molar-refractivity contribution in [1.29, 1.82) is 0 Å². The molecule has 0 saturated heterocycles. The maximum Gasteiger partial charge on any atom is 0.135 e. The highest BCUT2D eigenvalue weighted by molar-refractivity contribution is 6.08. The second-order valence-corrected chi connectivity index (χ2v) is 15.9. The van der Waals surface area contributed by atoms with Crippen LogP contribution in [0.5, 0.6) is 0 Å². The lowest BCUT2D eigenvalue weighted by atomic mass is 9.78. The Morgan fingerprint density at radius 3 is 0.930 bits per heavy atom. The number of hydrogen-bond donors (Lipinski definition) is 0. The van der Waals surface area contributed by atoms with E-state index in [0.29, 0.717) is 0 Å². The molecule has 8 aromatic carbocycles. The van der Waals surface area contributed by atoms with Crippen molar-refractivity contribution in [3.63, 3.8) is 0 Å². The van der Waals surface area contributed by atoms with Crippen LogP contribution in [0.1, 0.15) is 49.9 Å². The summed E-state index contributed by atoms with van der Waals surface area (Å²) in [4.78, 5) is 4.66. The predicted octanol–water partition coefficient (Wildman–Crippen LogP) is 15.2. The molecule has 9 rings (SSSR count). The summed E-state index contributed by atoms with van der Waals surface area (Å²) in [6.45, 7) is 9.16. The Bertz CT molecular complexity index is 2560. The summed E-state index contributed by atoms with van der Waals surface area (Å²) in [5.74, 6) is 0. The molecule has 57 heavy (non-hydrogen) atoms. The van der Waals surface area contributed by atoms with Gasteiger partial charge in [0.1, 0.15) is 11.2 Å². The summed E-state index contributed by atoms with van der Waals surface area (Å²) in [6.07, 6.45) is 0. The molecule has 1 aromatic heterocycles. The van der Waals surface area contributed by atoms with E-state index in [9.17, 15) is 0 Å². The van der Waals surface area contributed by atoms with Gasteiger partial charge >= 0.3 is 0 Å². The van der Waals surface area contributed by atoms with Crippen LogP contribution in [0.4, 0.5) is 34.1 Å².